The molecule has 6 heteroatoms. The van der Waals surface area contributed by atoms with Crippen LogP contribution in [0.1, 0.15) is 17.4 Å². The quantitative estimate of drug-likeness (QED) is 0.775. The fourth-order valence-electron chi connectivity index (χ4n) is 1.14. The maximum absolute atomic E-state index is 12.8. The summed E-state index contributed by atoms with van der Waals surface area (Å²) in [5.74, 6) is -0.188. The lowest BCUT2D eigenvalue weighted by molar-refractivity contribution is 0.0514. The van der Waals surface area contributed by atoms with E-state index in [4.69, 9.17) is 9.26 Å². The molecule has 0 atom stereocenters. The van der Waals surface area contributed by atoms with Crippen LogP contribution in [0.25, 0.3) is 10.6 Å². The molecule has 0 N–H and O–H groups in total. The highest BCUT2D eigenvalue weighted by Gasteiger charge is 2.15. The van der Waals surface area contributed by atoms with Crippen molar-refractivity contribution in [1.29, 1.82) is 0 Å². The summed E-state index contributed by atoms with van der Waals surface area (Å²) in [4.78, 5) is 11.9. The monoisotopic (exact) mass is 241 g/mol. The molecule has 0 radical (unpaired) electrons. The molecule has 0 bridgehead atoms. The second kappa shape index (κ2) is 4.44. The van der Waals surface area contributed by atoms with Gasteiger partial charge in [0.1, 0.15) is 0 Å². The summed E-state index contributed by atoms with van der Waals surface area (Å²) in [5.41, 5.74) is 0.0886. The molecule has 84 valence electrons. The molecule has 0 spiro atoms. The minimum Gasteiger partial charge on any atom is -0.461 e. The van der Waals surface area contributed by atoms with E-state index in [1.807, 2.05) is 0 Å². The van der Waals surface area contributed by atoms with E-state index in [1.165, 1.54) is 12.1 Å². The summed E-state index contributed by atoms with van der Waals surface area (Å²) in [5, 5.41) is 3.24. The number of hydrogen-bond acceptors (Lipinski definition) is 5. The van der Waals surface area contributed by atoms with Gasteiger partial charge in [-0.05, 0) is 19.1 Å². The Hall–Kier alpha value is -1.69. The molecular formula is C10H8FNO3S. The maximum atomic E-state index is 12.8. The zero-order chi connectivity index (χ0) is 11.5. The number of halogens is 1. The van der Waals surface area contributed by atoms with Gasteiger partial charge in [-0.25, -0.2) is 4.79 Å². The standard InChI is InChI=1S/C10H8FNO3S/c1-2-14-10(13)6-5-7(15-12-6)8-3-4-9(11)16-8/h3-5H,2H2,1H3. The van der Waals surface area contributed by atoms with Crippen LogP contribution < -0.4 is 0 Å². The summed E-state index contributed by atoms with van der Waals surface area (Å²) in [6.07, 6.45) is 0. The Morgan fingerprint density at radius 3 is 3.06 bits per heavy atom. The van der Waals surface area contributed by atoms with Gasteiger partial charge >= 0.3 is 5.97 Å². The van der Waals surface area contributed by atoms with Gasteiger partial charge in [-0.1, -0.05) is 5.16 Å². The molecular weight excluding hydrogens is 233 g/mol. The molecule has 0 aliphatic heterocycles. The van der Waals surface area contributed by atoms with Gasteiger partial charge in [0.25, 0.3) is 0 Å². The Bertz CT molecular complexity index is 506. The lowest BCUT2D eigenvalue weighted by Crippen LogP contribution is -2.04. The first-order valence-corrected chi connectivity index (χ1v) is 5.42. The first-order valence-electron chi connectivity index (χ1n) is 4.60. The third-order valence-electron chi connectivity index (χ3n) is 1.81. The average Bonchev–Trinajstić information content (AvgIpc) is 2.85. The van der Waals surface area contributed by atoms with Crippen molar-refractivity contribution in [3.8, 4) is 10.6 Å². The topological polar surface area (TPSA) is 52.3 Å². The molecule has 2 aromatic rings. The van der Waals surface area contributed by atoms with Crippen LogP contribution in [0.5, 0.6) is 0 Å². The van der Waals surface area contributed by atoms with Crippen LogP contribution in [0.4, 0.5) is 4.39 Å². The summed E-state index contributed by atoms with van der Waals surface area (Å²) in [7, 11) is 0. The summed E-state index contributed by atoms with van der Waals surface area (Å²) in [6.45, 7) is 1.97. The number of nitrogens with zero attached hydrogens (tertiary/aromatic N) is 1. The molecule has 4 nitrogen and oxygen atoms in total. The van der Waals surface area contributed by atoms with Crippen LogP contribution in [0.3, 0.4) is 0 Å². The van der Waals surface area contributed by atoms with E-state index < -0.39 is 5.97 Å². The van der Waals surface area contributed by atoms with Crippen molar-refractivity contribution in [2.45, 2.75) is 6.92 Å². The van der Waals surface area contributed by atoms with Crippen molar-refractivity contribution in [1.82, 2.24) is 5.16 Å². The molecule has 0 saturated heterocycles. The number of rotatable bonds is 3. The number of thiophene rings is 1. The van der Waals surface area contributed by atoms with Gasteiger partial charge in [-0.15, -0.1) is 11.3 Å². The first-order chi connectivity index (χ1) is 7.70. The van der Waals surface area contributed by atoms with Crippen molar-refractivity contribution in [3.63, 3.8) is 0 Å². The zero-order valence-electron chi connectivity index (χ0n) is 8.40. The minimum absolute atomic E-state index is 0.0886. The fourth-order valence-corrected chi connectivity index (χ4v) is 1.82. The van der Waals surface area contributed by atoms with Crippen LogP contribution in [-0.2, 0) is 4.74 Å². The number of aromatic nitrogens is 1. The second-order valence-corrected chi connectivity index (χ2v) is 3.93. The number of hydrogen-bond donors (Lipinski definition) is 0. The molecule has 0 saturated carbocycles. The third kappa shape index (κ3) is 2.11. The summed E-state index contributed by atoms with van der Waals surface area (Å²) < 4.78 is 22.4. The van der Waals surface area contributed by atoms with Crippen molar-refractivity contribution >= 4 is 17.3 Å². The fraction of sp³-hybridized carbons (Fsp3) is 0.200. The van der Waals surface area contributed by atoms with E-state index in [-0.39, 0.29) is 17.4 Å². The summed E-state index contributed by atoms with van der Waals surface area (Å²) in [6, 6.07) is 4.32. The number of ether oxygens (including phenoxy) is 1. The molecule has 0 unspecified atom stereocenters. The van der Waals surface area contributed by atoms with Gasteiger partial charge in [0.2, 0.25) is 0 Å². The van der Waals surface area contributed by atoms with Gasteiger partial charge in [0.15, 0.2) is 16.6 Å². The highest BCUT2D eigenvalue weighted by atomic mass is 32.1. The predicted octanol–water partition coefficient (Wildman–Crippen LogP) is 2.72. The smallest absolute Gasteiger partial charge is 0.360 e. The molecule has 0 aromatic carbocycles. The zero-order valence-corrected chi connectivity index (χ0v) is 9.21. The first kappa shape index (κ1) is 10.8. The third-order valence-corrected chi connectivity index (χ3v) is 2.70. The Labute approximate surface area is 94.6 Å². The van der Waals surface area contributed by atoms with E-state index in [2.05, 4.69) is 5.16 Å². The molecule has 0 amide bonds. The highest BCUT2D eigenvalue weighted by molar-refractivity contribution is 7.13. The van der Waals surface area contributed by atoms with Crippen LogP contribution in [0.15, 0.2) is 22.7 Å². The molecule has 0 aliphatic rings. The second-order valence-electron chi connectivity index (χ2n) is 2.90. The Morgan fingerprint density at radius 1 is 1.62 bits per heavy atom. The number of esters is 1. The lowest BCUT2D eigenvalue weighted by Gasteiger charge is -1.94. The highest BCUT2D eigenvalue weighted by Crippen LogP contribution is 2.27. The van der Waals surface area contributed by atoms with Crippen molar-refractivity contribution in [3.05, 3.63) is 29.0 Å². The number of carbonyl (C=O) groups excluding carboxylic acids is 1. The van der Waals surface area contributed by atoms with E-state index in [0.717, 1.165) is 11.3 Å². The van der Waals surface area contributed by atoms with Crippen molar-refractivity contribution < 1.29 is 18.4 Å². The van der Waals surface area contributed by atoms with E-state index in [1.54, 1.807) is 13.0 Å². The van der Waals surface area contributed by atoms with Crippen LogP contribution in [-0.4, -0.2) is 17.7 Å². The molecule has 16 heavy (non-hydrogen) atoms. The Kier molecular flexibility index (Phi) is 3.00. The number of carbonyl (C=O) groups is 1. The van der Waals surface area contributed by atoms with Crippen LogP contribution >= 0.6 is 11.3 Å². The molecule has 2 rings (SSSR count). The van der Waals surface area contributed by atoms with Crippen LogP contribution in [0, 0.1) is 5.13 Å². The van der Waals surface area contributed by atoms with Gasteiger partial charge in [-0.2, -0.15) is 4.39 Å². The molecule has 2 aromatic heterocycles. The SMILES string of the molecule is CCOC(=O)c1cc(-c2ccc(F)s2)on1. The van der Waals surface area contributed by atoms with Crippen LogP contribution in [0.2, 0.25) is 0 Å². The predicted molar refractivity (Wildman–Crippen MR) is 55.7 cm³/mol. The summed E-state index contributed by atoms with van der Waals surface area (Å²) >= 11 is 0.927. The van der Waals surface area contributed by atoms with Crippen molar-refractivity contribution in [2.24, 2.45) is 0 Å². The lowest BCUT2D eigenvalue weighted by atomic mass is 10.3. The van der Waals surface area contributed by atoms with E-state index in [9.17, 15) is 9.18 Å². The molecule has 0 fully saturated rings. The van der Waals surface area contributed by atoms with Gasteiger partial charge in [-0.3, -0.25) is 0 Å². The minimum atomic E-state index is -0.547. The van der Waals surface area contributed by atoms with Gasteiger partial charge in [0, 0.05) is 6.07 Å². The molecule has 2 heterocycles. The van der Waals surface area contributed by atoms with Gasteiger partial charge in [0.05, 0.1) is 11.5 Å². The largest absolute Gasteiger partial charge is 0.461 e. The van der Waals surface area contributed by atoms with E-state index >= 15 is 0 Å². The average molecular weight is 241 g/mol. The normalized spacial score (nSPS) is 10.4. The Morgan fingerprint density at radius 2 is 2.44 bits per heavy atom. The van der Waals surface area contributed by atoms with Crippen molar-refractivity contribution in [2.75, 3.05) is 6.61 Å². The van der Waals surface area contributed by atoms with Gasteiger partial charge < -0.3 is 9.26 Å². The Balaban J connectivity index is 2.22. The maximum Gasteiger partial charge on any atom is 0.360 e. The molecule has 0 aliphatic carbocycles. The van der Waals surface area contributed by atoms with E-state index in [0.29, 0.717) is 10.6 Å².